The van der Waals surface area contributed by atoms with Gasteiger partial charge < -0.3 is 11.1 Å². The molecule has 0 aliphatic rings. The highest BCUT2D eigenvalue weighted by molar-refractivity contribution is 9.09. The lowest BCUT2D eigenvalue weighted by molar-refractivity contribution is -0.113. The monoisotopic (exact) mass is 304 g/mol. The molecule has 1 heterocycles. The summed E-state index contributed by atoms with van der Waals surface area (Å²) in [7, 11) is 0. The van der Waals surface area contributed by atoms with Gasteiger partial charge in [-0.2, -0.15) is 5.26 Å². The maximum absolute atomic E-state index is 11.3. The van der Waals surface area contributed by atoms with Crippen molar-refractivity contribution in [2.75, 3.05) is 16.4 Å². The molecule has 6 heteroatoms. The number of hydrogen-bond acceptors (Lipinski definition) is 4. The number of carbonyl (C=O) groups excluding carboxylic acids is 1. The molecule has 2 rings (SSSR count). The van der Waals surface area contributed by atoms with Crippen LogP contribution in [0.15, 0.2) is 24.4 Å². The summed E-state index contributed by atoms with van der Waals surface area (Å²) in [5.41, 5.74) is 7.88. The number of nitrogens with zero attached hydrogens (tertiary/aromatic N) is 2. The molecule has 0 fully saturated rings. The van der Waals surface area contributed by atoms with E-state index in [0.29, 0.717) is 27.8 Å². The van der Waals surface area contributed by atoms with Crippen LogP contribution < -0.4 is 11.1 Å². The zero-order valence-electron chi connectivity index (χ0n) is 9.27. The second kappa shape index (κ2) is 5.02. The Bertz CT molecular complexity index is 663. The normalized spacial score (nSPS) is 10.0. The third-order valence-corrected chi connectivity index (χ3v) is 2.94. The number of benzene rings is 1. The van der Waals surface area contributed by atoms with E-state index in [1.54, 1.807) is 18.2 Å². The number of halogens is 1. The van der Waals surface area contributed by atoms with Crippen LogP contribution in [0.4, 0.5) is 11.4 Å². The topological polar surface area (TPSA) is 91.8 Å². The number of nitriles is 1. The van der Waals surface area contributed by atoms with Gasteiger partial charge in [-0.1, -0.05) is 15.9 Å². The Morgan fingerprint density at radius 1 is 1.56 bits per heavy atom. The lowest BCUT2D eigenvalue weighted by Crippen LogP contribution is -2.12. The van der Waals surface area contributed by atoms with Crippen molar-refractivity contribution in [3.63, 3.8) is 0 Å². The summed E-state index contributed by atoms with van der Waals surface area (Å²) in [5.74, 6) is -0.155. The average Bonchev–Trinajstić information content (AvgIpc) is 2.39. The Balaban J connectivity index is 2.53. The minimum absolute atomic E-state index is 0.155. The molecule has 0 atom stereocenters. The van der Waals surface area contributed by atoms with Crippen molar-refractivity contribution in [1.29, 1.82) is 5.26 Å². The first-order chi connectivity index (χ1) is 8.65. The number of aromatic nitrogens is 1. The molecule has 0 radical (unpaired) electrons. The zero-order chi connectivity index (χ0) is 13.1. The number of rotatable bonds is 2. The highest BCUT2D eigenvalue weighted by Gasteiger charge is 2.07. The Morgan fingerprint density at radius 2 is 2.33 bits per heavy atom. The van der Waals surface area contributed by atoms with Crippen LogP contribution in [0.5, 0.6) is 0 Å². The van der Waals surface area contributed by atoms with Gasteiger partial charge in [0.2, 0.25) is 5.91 Å². The van der Waals surface area contributed by atoms with Crippen molar-refractivity contribution in [2.45, 2.75) is 0 Å². The summed E-state index contributed by atoms with van der Waals surface area (Å²) < 4.78 is 0. The molecule has 1 aromatic heterocycles. The van der Waals surface area contributed by atoms with E-state index in [-0.39, 0.29) is 11.2 Å². The van der Waals surface area contributed by atoms with Gasteiger partial charge in [0.05, 0.1) is 22.1 Å². The van der Waals surface area contributed by atoms with Crippen LogP contribution in [0, 0.1) is 11.3 Å². The van der Waals surface area contributed by atoms with Crippen LogP contribution in [0.1, 0.15) is 5.56 Å². The van der Waals surface area contributed by atoms with Crippen molar-refractivity contribution in [2.24, 2.45) is 0 Å². The maximum Gasteiger partial charge on any atom is 0.235 e. The van der Waals surface area contributed by atoms with E-state index in [0.717, 1.165) is 0 Å². The fraction of sp³-hybridized carbons (Fsp3) is 0.0833. The van der Waals surface area contributed by atoms with Crippen LogP contribution in [-0.2, 0) is 4.79 Å². The number of nitrogens with two attached hydrogens (primary N) is 1. The molecular weight excluding hydrogens is 296 g/mol. The van der Waals surface area contributed by atoms with E-state index in [2.05, 4.69) is 26.2 Å². The van der Waals surface area contributed by atoms with Crippen molar-refractivity contribution in [3.8, 4) is 6.07 Å². The highest BCUT2D eigenvalue weighted by Crippen LogP contribution is 2.25. The average molecular weight is 305 g/mol. The summed E-state index contributed by atoms with van der Waals surface area (Å²) >= 11 is 3.07. The molecule has 0 aliphatic heterocycles. The Morgan fingerprint density at radius 3 is 3.00 bits per heavy atom. The largest absolute Gasteiger partial charge is 0.397 e. The van der Waals surface area contributed by atoms with E-state index in [1.165, 1.54) is 6.20 Å². The van der Waals surface area contributed by atoms with Gasteiger partial charge in [0.1, 0.15) is 6.07 Å². The number of nitrogen functional groups attached to an aromatic ring is 1. The minimum atomic E-state index is -0.155. The first-order valence-corrected chi connectivity index (χ1v) is 6.22. The first kappa shape index (κ1) is 12.3. The molecule has 0 saturated heterocycles. The first-order valence-electron chi connectivity index (χ1n) is 5.10. The lowest BCUT2D eigenvalue weighted by Gasteiger charge is -2.07. The molecule has 90 valence electrons. The van der Waals surface area contributed by atoms with Gasteiger partial charge in [0, 0.05) is 17.3 Å². The molecule has 1 amide bonds. The van der Waals surface area contributed by atoms with Crippen molar-refractivity contribution in [1.82, 2.24) is 4.98 Å². The van der Waals surface area contributed by atoms with Crippen molar-refractivity contribution in [3.05, 3.63) is 30.0 Å². The molecule has 3 N–H and O–H groups in total. The van der Waals surface area contributed by atoms with Gasteiger partial charge in [0.15, 0.2) is 0 Å². The number of alkyl halides is 1. The standard InChI is InChI=1S/C12H9BrN4O/c13-4-11(18)17-8-1-2-10-9(3-8)12(15)7(5-14)6-16-10/h1-3,6H,4H2,(H2,15,16)(H,17,18). The van der Waals surface area contributed by atoms with E-state index < -0.39 is 0 Å². The van der Waals surface area contributed by atoms with Gasteiger partial charge in [-0.25, -0.2) is 0 Å². The molecule has 2 aromatic rings. The predicted octanol–water partition coefficient (Wildman–Crippen LogP) is 2.02. The van der Waals surface area contributed by atoms with Crippen LogP contribution in [-0.4, -0.2) is 16.2 Å². The summed E-state index contributed by atoms with van der Waals surface area (Å²) in [6.07, 6.45) is 1.44. The summed E-state index contributed by atoms with van der Waals surface area (Å²) in [5, 5.41) is 12.5. The number of nitrogens with one attached hydrogen (secondary N) is 1. The smallest absolute Gasteiger partial charge is 0.235 e. The van der Waals surface area contributed by atoms with Gasteiger partial charge in [-0.05, 0) is 18.2 Å². The molecule has 0 aliphatic carbocycles. The van der Waals surface area contributed by atoms with Gasteiger partial charge >= 0.3 is 0 Å². The van der Waals surface area contributed by atoms with Crippen molar-refractivity contribution >= 4 is 44.1 Å². The SMILES string of the molecule is N#Cc1cnc2ccc(NC(=O)CBr)cc2c1N. The van der Waals surface area contributed by atoms with Crippen molar-refractivity contribution < 1.29 is 4.79 Å². The fourth-order valence-electron chi connectivity index (χ4n) is 1.57. The number of amides is 1. The molecule has 0 bridgehead atoms. The van der Waals surface area contributed by atoms with Gasteiger partial charge in [0.25, 0.3) is 0 Å². The Kier molecular flexibility index (Phi) is 3.44. The van der Waals surface area contributed by atoms with Gasteiger partial charge in [-0.3, -0.25) is 9.78 Å². The molecule has 0 spiro atoms. The zero-order valence-corrected chi connectivity index (χ0v) is 10.9. The summed E-state index contributed by atoms with van der Waals surface area (Å²) in [6.45, 7) is 0. The Labute approximate surface area is 112 Å². The van der Waals surface area contributed by atoms with E-state index >= 15 is 0 Å². The predicted molar refractivity (Wildman–Crippen MR) is 73.3 cm³/mol. The number of carbonyl (C=O) groups is 1. The second-order valence-electron chi connectivity index (χ2n) is 3.61. The maximum atomic E-state index is 11.3. The lowest BCUT2D eigenvalue weighted by atomic mass is 10.1. The highest BCUT2D eigenvalue weighted by atomic mass is 79.9. The number of pyridine rings is 1. The third-order valence-electron chi connectivity index (χ3n) is 2.44. The molecule has 0 unspecified atom stereocenters. The van der Waals surface area contributed by atoms with E-state index in [9.17, 15) is 4.79 Å². The molecule has 1 aromatic carbocycles. The van der Waals surface area contributed by atoms with Crippen LogP contribution in [0.25, 0.3) is 10.9 Å². The van der Waals surface area contributed by atoms with Crippen LogP contribution >= 0.6 is 15.9 Å². The Hall–Kier alpha value is -2.13. The van der Waals surface area contributed by atoms with E-state index in [4.69, 9.17) is 11.0 Å². The summed E-state index contributed by atoms with van der Waals surface area (Å²) in [6, 6.07) is 7.17. The quantitative estimate of drug-likeness (QED) is 0.830. The summed E-state index contributed by atoms with van der Waals surface area (Å²) in [4.78, 5) is 15.4. The second-order valence-corrected chi connectivity index (χ2v) is 4.17. The number of hydrogen-bond donors (Lipinski definition) is 2. The molecular formula is C12H9BrN4O. The van der Waals surface area contributed by atoms with Crippen LogP contribution in [0.3, 0.4) is 0 Å². The molecule has 18 heavy (non-hydrogen) atoms. The third kappa shape index (κ3) is 2.26. The number of fused-ring (bicyclic) bond motifs is 1. The molecule has 5 nitrogen and oxygen atoms in total. The number of anilines is 2. The minimum Gasteiger partial charge on any atom is -0.397 e. The van der Waals surface area contributed by atoms with Crippen LogP contribution in [0.2, 0.25) is 0 Å². The van der Waals surface area contributed by atoms with E-state index in [1.807, 2.05) is 6.07 Å². The van der Waals surface area contributed by atoms with Gasteiger partial charge in [-0.15, -0.1) is 0 Å². The fourth-order valence-corrected chi connectivity index (χ4v) is 1.71. The molecule has 0 saturated carbocycles.